The first kappa shape index (κ1) is 11.0. The lowest BCUT2D eigenvalue weighted by atomic mass is 10.1. The van der Waals surface area contributed by atoms with Gasteiger partial charge in [0.05, 0.1) is 0 Å². The van der Waals surface area contributed by atoms with Gasteiger partial charge in [0, 0.05) is 24.8 Å². The summed E-state index contributed by atoms with van der Waals surface area (Å²) in [6.07, 6.45) is 8.26. The molecule has 1 aromatic heterocycles. The number of rotatable bonds is 4. The lowest BCUT2D eigenvalue weighted by Crippen LogP contribution is -1.89. The van der Waals surface area contributed by atoms with Gasteiger partial charge in [-0.15, -0.1) is 11.6 Å². The highest BCUT2D eigenvalue weighted by Crippen LogP contribution is 2.18. The highest BCUT2D eigenvalue weighted by molar-refractivity contribution is 6.18. The lowest BCUT2D eigenvalue weighted by molar-refractivity contribution is 0.830. The monoisotopic (exact) mass is 231 g/mol. The standard InChI is InChI=1S/C14H14ClN/c15-9-4-5-10-16-11-8-14(12-16)13-6-2-1-3-7-13/h1-8,11-12H,9-10H2/b5-4-. The highest BCUT2D eigenvalue weighted by atomic mass is 35.5. The summed E-state index contributed by atoms with van der Waals surface area (Å²) in [5.74, 6) is 0.576. The zero-order chi connectivity index (χ0) is 11.2. The number of alkyl halides is 1. The minimum absolute atomic E-state index is 0.576. The van der Waals surface area contributed by atoms with Crippen LogP contribution in [0.15, 0.2) is 60.9 Å². The van der Waals surface area contributed by atoms with E-state index in [1.54, 1.807) is 0 Å². The number of halogens is 1. The van der Waals surface area contributed by atoms with Crippen molar-refractivity contribution in [3.63, 3.8) is 0 Å². The van der Waals surface area contributed by atoms with Crippen LogP contribution in [0.25, 0.3) is 11.1 Å². The third kappa shape index (κ3) is 2.77. The molecule has 0 aliphatic carbocycles. The van der Waals surface area contributed by atoms with Crippen molar-refractivity contribution >= 4 is 11.6 Å². The van der Waals surface area contributed by atoms with Gasteiger partial charge in [-0.25, -0.2) is 0 Å². The molecule has 2 aromatic rings. The lowest BCUT2D eigenvalue weighted by Gasteiger charge is -1.97. The zero-order valence-corrected chi connectivity index (χ0v) is 9.77. The fourth-order valence-corrected chi connectivity index (χ4v) is 1.74. The van der Waals surface area contributed by atoms with Crippen LogP contribution in [0.4, 0.5) is 0 Å². The van der Waals surface area contributed by atoms with Crippen molar-refractivity contribution in [2.45, 2.75) is 6.54 Å². The Kier molecular flexibility index (Phi) is 3.84. The maximum absolute atomic E-state index is 5.57. The van der Waals surface area contributed by atoms with Gasteiger partial charge in [-0.2, -0.15) is 0 Å². The zero-order valence-electron chi connectivity index (χ0n) is 9.01. The summed E-state index contributed by atoms with van der Waals surface area (Å²) in [5.41, 5.74) is 2.50. The van der Waals surface area contributed by atoms with E-state index >= 15 is 0 Å². The first-order chi connectivity index (χ1) is 7.90. The predicted molar refractivity (Wildman–Crippen MR) is 69.7 cm³/mol. The number of nitrogens with zero attached hydrogens (tertiary/aromatic N) is 1. The summed E-state index contributed by atoms with van der Waals surface area (Å²) >= 11 is 5.57. The van der Waals surface area contributed by atoms with Crippen molar-refractivity contribution in [3.05, 3.63) is 60.9 Å². The van der Waals surface area contributed by atoms with Crippen LogP contribution in [0.3, 0.4) is 0 Å². The predicted octanol–water partition coefficient (Wildman–Crippen LogP) is 3.95. The van der Waals surface area contributed by atoms with Crippen molar-refractivity contribution in [1.29, 1.82) is 0 Å². The number of aromatic nitrogens is 1. The topological polar surface area (TPSA) is 4.93 Å². The highest BCUT2D eigenvalue weighted by Gasteiger charge is 1.97. The van der Waals surface area contributed by atoms with Gasteiger partial charge in [-0.05, 0) is 17.2 Å². The Morgan fingerprint density at radius 3 is 2.56 bits per heavy atom. The normalized spacial score (nSPS) is 11.1. The summed E-state index contributed by atoms with van der Waals surface area (Å²) in [6, 6.07) is 12.5. The van der Waals surface area contributed by atoms with Crippen molar-refractivity contribution in [2.75, 3.05) is 5.88 Å². The third-order valence-electron chi connectivity index (χ3n) is 2.43. The first-order valence-corrected chi connectivity index (χ1v) is 5.86. The molecule has 0 spiro atoms. The fraction of sp³-hybridized carbons (Fsp3) is 0.143. The Balaban J connectivity index is 2.11. The average Bonchev–Trinajstić information content (AvgIpc) is 2.79. The molecule has 2 heteroatoms. The Bertz CT molecular complexity index is 457. The van der Waals surface area contributed by atoms with Crippen LogP contribution in [-0.2, 0) is 6.54 Å². The number of allylic oxidation sites excluding steroid dienone is 2. The molecule has 16 heavy (non-hydrogen) atoms. The van der Waals surface area contributed by atoms with Crippen LogP contribution in [0.2, 0.25) is 0 Å². The van der Waals surface area contributed by atoms with Crippen molar-refractivity contribution < 1.29 is 0 Å². The minimum atomic E-state index is 0.576. The SMILES string of the molecule is ClC/C=C\Cn1ccc(-c2ccccc2)c1. The summed E-state index contributed by atoms with van der Waals surface area (Å²) in [4.78, 5) is 0. The molecule has 1 aromatic carbocycles. The van der Waals surface area contributed by atoms with Gasteiger partial charge >= 0.3 is 0 Å². The number of hydrogen-bond acceptors (Lipinski definition) is 0. The summed E-state index contributed by atoms with van der Waals surface area (Å²) in [7, 11) is 0. The van der Waals surface area contributed by atoms with Crippen LogP contribution in [0, 0.1) is 0 Å². The molecule has 0 amide bonds. The minimum Gasteiger partial charge on any atom is -0.350 e. The fourth-order valence-electron chi connectivity index (χ4n) is 1.61. The Labute approximate surface area is 101 Å². The second-order valence-corrected chi connectivity index (χ2v) is 3.90. The molecule has 0 fully saturated rings. The first-order valence-electron chi connectivity index (χ1n) is 5.32. The number of hydrogen-bond donors (Lipinski definition) is 0. The van der Waals surface area contributed by atoms with Crippen molar-refractivity contribution in [3.8, 4) is 11.1 Å². The molecule has 82 valence electrons. The molecule has 0 aliphatic heterocycles. The van der Waals surface area contributed by atoms with Crippen LogP contribution in [0.1, 0.15) is 0 Å². The van der Waals surface area contributed by atoms with Gasteiger partial charge in [0.25, 0.3) is 0 Å². The van der Waals surface area contributed by atoms with E-state index in [1.807, 2.05) is 12.1 Å². The molecule has 0 N–H and O–H groups in total. The molecule has 0 saturated heterocycles. The molecule has 1 nitrogen and oxygen atoms in total. The summed E-state index contributed by atoms with van der Waals surface area (Å²) in [5, 5.41) is 0. The summed E-state index contributed by atoms with van der Waals surface area (Å²) < 4.78 is 2.14. The van der Waals surface area contributed by atoms with E-state index < -0.39 is 0 Å². The van der Waals surface area contributed by atoms with Crippen LogP contribution < -0.4 is 0 Å². The third-order valence-corrected chi connectivity index (χ3v) is 2.61. The summed E-state index contributed by atoms with van der Waals surface area (Å²) in [6.45, 7) is 0.875. The molecule has 0 radical (unpaired) electrons. The van der Waals surface area contributed by atoms with Crippen LogP contribution in [0.5, 0.6) is 0 Å². The molecule has 0 bridgehead atoms. The van der Waals surface area contributed by atoms with Crippen LogP contribution >= 0.6 is 11.6 Å². The molecule has 0 aliphatic rings. The molecule has 1 heterocycles. The smallest absolute Gasteiger partial charge is 0.0404 e. The Morgan fingerprint density at radius 1 is 1.00 bits per heavy atom. The van der Waals surface area contributed by atoms with E-state index in [9.17, 15) is 0 Å². The molecule has 0 saturated carbocycles. The van der Waals surface area contributed by atoms with Crippen molar-refractivity contribution in [1.82, 2.24) is 4.57 Å². The Morgan fingerprint density at radius 2 is 1.81 bits per heavy atom. The average molecular weight is 232 g/mol. The van der Waals surface area contributed by atoms with Crippen molar-refractivity contribution in [2.24, 2.45) is 0 Å². The Hall–Kier alpha value is -1.47. The van der Waals surface area contributed by atoms with Gasteiger partial charge in [0.2, 0.25) is 0 Å². The van der Waals surface area contributed by atoms with E-state index in [4.69, 9.17) is 11.6 Å². The van der Waals surface area contributed by atoms with E-state index in [0.717, 1.165) is 6.54 Å². The second-order valence-electron chi connectivity index (χ2n) is 3.59. The maximum Gasteiger partial charge on any atom is 0.0404 e. The van der Waals surface area contributed by atoms with Gasteiger partial charge in [-0.1, -0.05) is 42.5 Å². The molecular weight excluding hydrogens is 218 g/mol. The van der Waals surface area contributed by atoms with E-state index in [0.29, 0.717) is 5.88 Å². The van der Waals surface area contributed by atoms with Gasteiger partial charge in [-0.3, -0.25) is 0 Å². The van der Waals surface area contributed by atoms with E-state index in [1.165, 1.54) is 11.1 Å². The van der Waals surface area contributed by atoms with E-state index in [2.05, 4.69) is 53.4 Å². The molecular formula is C14H14ClN. The van der Waals surface area contributed by atoms with Gasteiger partial charge in [0.15, 0.2) is 0 Å². The van der Waals surface area contributed by atoms with E-state index in [-0.39, 0.29) is 0 Å². The van der Waals surface area contributed by atoms with Gasteiger partial charge < -0.3 is 4.57 Å². The number of benzene rings is 1. The molecule has 0 unspecified atom stereocenters. The second kappa shape index (κ2) is 5.57. The quantitative estimate of drug-likeness (QED) is 0.555. The van der Waals surface area contributed by atoms with Gasteiger partial charge in [0.1, 0.15) is 0 Å². The molecule has 0 atom stereocenters. The largest absolute Gasteiger partial charge is 0.350 e. The molecule has 2 rings (SSSR count). The maximum atomic E-state index is 5.57. The van der Waals surface area contributed by atoms with Crippen LogP contribution in [-0.4, -0.2) is 10.4 Å².